The number of alkyl halides is 6. The third-order valence-corrected chi connectivity index (χ3v) is 4.83. The van der Waals surface area contributed by atoms with Gasteiger partial charge >= 0.3 is 12.5 Å². The van der Waals surface area contributed by atoms with E-state index >= 15 is 0 Å². The van der Waals surface area contributed by atoms with Crippen LogP contribution in [0.25, 0.3) is 16.6 Å². The minimum Gasteiger partial charge on any atom is -0.406 e. The van der Waals surface area contributed by atoms with E-state index in [0.717, 1.165) is 22.8 Å². The zero-order valence-corrected chi connectivity index (χ0v) is 16.3. The van der Waals surface area contributed by atoms with Gasteiger partial charge in [0, 0.05) is 43.2 Å². The van der Waals surface area contributed by atoms with E-state index in [2.05, 4.69) is 14.8 Å². The summed E-state index contributed by atoms with van der Waals surface area (Å²) in [6.45, 7) is 0.351. The molecule has 0 aliphatic carbocycles. The Morgan fingerprint density at radius 2 is 1.72 bits per heavy atom. The number of pyridine rings is 2. The predicted octanol–water partition coefficient (Wildman–Crippen LogP) is 4.32. The van der Waals surface area contributed by atoms with Gasteiger partial charge in [-0.2, -0.15) is 18.3 Å². The first kappa shape index (κ1) is 21.7. The number of halogens is 6. The predicted molar refractivity (Wildman–Crippen MR) is 103 cm³/mol. The first-order valence-electron chi connectivity index (χ1n) is 9.17. The average molecular weight is 456 g/mol. The standard InChI is InChI=1S/C20H14F6N4O2/c1-29-9-11(8-27-29)15-10-30(12-2-4-13(5-3-12)32-20(24,25)26)18(31)14-6-7-16(19(21,22)23)28-17(14)15/h2-8,10-11H,9H2,1H3. The fourth-order valence-corrected chi connectivity index (χ4v) is 3.42. The molecule has 2 aromatic heterocycles. The molecule has 0 saturated heterocycles. The lowest BCUT2D eigenvalue weighted by Crippen LogP contribution is -2.23. The monoisotopic (exact) mass is 456 g/mol. The highest BCUT2D eigenvalue weighted by molar-refractivity contribution is 5.86. The molecule has 0 N–H and O–H groups in total. The Hall–Kier alpha value is -3.57. The number of fused-ring (bicyclic) bond motifs is 1. The van der Waals surface area contributed by atoms with Crippen molar-refractivity contribution in [2.24, 2.45) is 5.10 Å². The summed E-state index contributed by atoms with van der Waals surface area (Å²) >= 11 is 0. The van der Waals surface area contributed by atoms with Gasteiger partial charge in [-0.25, -0.2) is 4.98 Å². The van der Waals surface area contributed by atoms with E-state index in [9.17, 15) is 31.1 Å². The van der Waals surface area contributed by atoms with Crippen LogP contribution in [0.4, 0.5) is 26.3 Å². The van der Waals surface area contributed by atoms with Gasteiger partial charge in [-0.1, -0.05) is 0 Å². The Balaban J connectivity index is 1.88. The number of ether oxygens (including phenoxy) is 1. The van der Waals surface area contributed by atoms with Crippen LogP contribution in [-0.4, -0.2) is 40.7 Å². The van der Waals surface area contributed by atoms with Crippen LogP contribution >= 0.6 is 0 Å². The van der Waals surface area contributed by atoms with E-state index in [1.165, 1.54) is 24.5 Å². The number of nitrogens with zero attached hydrogens (tertiary/aromatic N) is 4. The van der Waals surface area contributed by atoms with Gasteiger partial charge in [0.25, 0.3) is 5.56 Å². The maximum absolute atomic E-state index is 13.2. The summed E-state index contributed by atoms with van der Waals surface area (Å²) in [4.78, 5) is 16.7. The average Bonchev–Trinajstić information content (AvgIpc) is 3.13. The molecule has 168 valence electrons. The van der Waals surface area contributed by atoms with E-state index < -0.39 is 35.5 Å². The normalized spacial score (nSPS) is 16.7. The third kappa shape index (κ3) is 4.25. The van der Waals surface area contributed by atoms with Crippen LogP contribution in [0, 0.1) is 0 Å². The molecule has 1 aliphatic rings. The van der Waals surface area contributed by atoms with Crippen molar-refractivity contribution in [3.8, 4) is 11.4 Å². The Morgan fingerprint density at radius 3 is 2.28 bits per heavy atom. The maximum Gasteiger partial charge on any atom is 0.573 e. The van der Waals surface area contributed by atoms with Crippen molar-refractivity contribution in [1.82, 2.24) is 14.6 Å². The second-order valence-corrected chi connectivity index (χ2v) is 7.10. The Morgan fingerprint density at radius 1 is 1.03 bits per heavy atom. The van der Waals surface area contributed by atoms with Crippen molar-refractivity contribution < 1.29 is 31.1 Å². The highest BCUT2D eigenvalue weighted by Gasteiger charge is 2.34. The van der Waals surface area contributed by atoms with Crippen LogP contribution in [0.5, 0.6) is 5.75 Å². The molecule has 1 aromatic carbocycles. The van der Waals surface area contributed by atoms with Gasteiger partial charge in [-0.3, -0.25) is 14.4 Å². The minimum atomic E-state index is -4.87. The van der Waals surface area contributed by atoms with E-state index in [1.54, 1.807) is 12.1 Å². The van der Waals surface area contributed by atoms with Crippen molar-refractivity contribution in [2.45, 2.75) is 18.5 Å². The van der Waals surface area contributed by atoms with Gasteiger partial charge in [0.15, 0.2) is 0 Å². The molecule has 0 fully saturated rings. The van der Waals surface area contributed by atoms with E-state index in [1.807, 2.05) is 0 Å². The molecule has 6 nitrogen and oxygen atoms in total. The topological polar surface area (TPSA) is 59.7 Å². The van der Waals surface area contributed by atoms with Crippen molar-refractivity contribution in [3.63, 3.8) is 0 Å². The summed E-state index contributed by atoms with van der Waals surface area (Å²) in [5.74, 6) is -0.922. The molecule has 1 atom stereocenters. The summed E-state index contributed by atoms with van der Waals surface area (Å²) in [6.07, 6.45) is -6.70. The highest BCUT2D eigenvalue weighted by Crippen LogP contribution is 2.32. The van der Waals surface area contributed by atoms with E-state index in [-0.39, 0.29) is 16.6 Å². The molecule has 1 aliphatic heterocycles. The van der Waals surface area contributed by atoms with E-state index in [0.29, 0.717) is 18.2 Å². The number of hydrogen-bond acceptors (Lipinski definition) is 5. The first-order chi connectivity index (χ1) is 14.9. The first-order valence-corrected chi connectivity index (χ1v) is 9.17. The molecule has 3 aromatic rings. The van der Waals surface area contributed by atoms with Gasteiger partial charge in [-0.15, -0.1) is 13.2 Å². The van der Waals surface area contributed by atoms with Crippen LogP contribution in [0.15, 0.2) is 52.5 Å². The fraction of sp³-hybridized carbons (Fsp3) is 0.250. The minimum absolute atomic E-state index is 0.0610. The number of aromatic nitrogens is 2. The molecular formula is C20H14F6N4O2. The molecule has 0 radical (unpaired) electrons. The molecule has 1 unspecified atom stereocenters. The summed E-state index contributed by atoms with van der Waals surface area (Å²) in [5, 5.41) is 5.62. The third-order valence-electron chi connectivity index (χ3n) is 4.83. The summed E-state index contributed by atoms with van der Waals surface area (Å²) < 4.78 is 81.8. The second-order valence-electron chi connectivity index (χ2n) is 7.10. The summed E-state index contributed by atoms with van der Waals surface area (Å²) in [7, 11) is 1.68. The number of likely N-dealkylation sites (N-methyl/N-ethyl adjacent to an activating group) is 1. The molecule has 3 heterocycles. The van der Waals surface area contributed by atoms with E-state index in [4.69, 9.17) is 0 Å². The van der Waals surface area contributed by atoms with Crippen LogP contribution in [0.2, 0.25) is 0 Å². The summed E-state index contributed by atoms with van der Waals surface area (Å²) in [6, 6.07) is 6.32. The van der Waals surface area contributed by atoms with Crippen LogP contribution < -0.4 is 10.3 Å². The number of rotatable bonds is 3. The molecule has 0 bridgehead atoms. The number of hydrogen-bond donors (Lipinski definition) is 0. The fourth-order valence-electron chi connectivity index (χ4n) is 3.42. The Labute approximate surface area is 176 Å². The van der Waals surface area contributed by atoms with Crippen LogP contribution in [0.1, 0.15) is 17.2 Å². The molecular weight excluding hydrogens is 442 g/mol. The van der Waals surface area contributed by atoms with Crippen molar-refractivity contribution in [3.05, 3.63) is 64.2 Å². The zero-order valence-electron chi connectivity index (χ0n) is 16.3. The number of benzene rings is 1. The molecule has 0 amide bonds. The molecule has 12 heteroatoms. The van der Waals surface area contributed by atoms with Crippen LogP contribution in [-0.2, 0) is 6.18 Å². The van der Waals surface area contributed by atoms with Gasteiger partial charge in [0.1, 0.15) is 11.4 Å². The number of hydrazone groups is 1. The maximum atomic E-state index is 13.2. The molecule has 0 saturated carbocycles. The van der Waals surface area contributed by atoms with Crippen molar-refractivity contribution in [1.29, 1.82) is 0 Å². The van der Waals surface area contributed by atoms with Gasteiger partial charge in [0.05, 0.1) is 10.9 Å². The van der Waals surface area contributed by atoms with Gasteiger partial charge in [0.2, 0.25) is 0 Å². The lowest BCUT2D eigenvalue weighted by Gasteiger charge is -2.17. The van der Waals surface area contributed by atoms with Crippen LogP contribution in [0.3, 0.4) is 0 Å². The molecule has 4 rings (SSSR count). The summed E-state index contributed by atoms with van der Waals surface area (Å²) in [5.41, 5.74) is -1.38. The lowest BCUT2D eigenvalue weighted by molar-refractivity contribution is -0.274. The van der Waals surface area contributed by atoms with Crippen molar-refractivity contribution >= 4 is 17.1 Å². The largest absolute Gasteiger partial charge is 0.573 e. The molecule has 0 spiro atoms. The smallest absolute Gasteiger partial charge is 0.406 e. The Bertz CT molecular complexity index is 1250. The van der Waals surface area contributed by atoms with Gasteiger partial charge in [-0.05, 0) is 36.4 Å². The lowest BCUT2D eigenvalue weighted by atomic mass is 9.99. The highest BCUT2D eigenvalue weighted by atomic mass is 19.4. The Kier molecular flexibility index (Phi) is 5.10. The van der Waals surface area contributed by atoms with Crippen molar-refractivity contribution in [2.75, 3.05) is 13.6 Å². The zero-order chi connectivity index (χ0) is 23.3. The second kappa shape index (κ2) is 7.53. The molecule has 32 heavy (non-hydrogen) atoms. The van der Waals surface area contributed by atoms with Gasteiger partial charge < -0.3 is 4.74 Å². The quantitative estimate of drug-likeness (QED) is 0.551. The SMILES string of the molecule is CN1CC(c2cn(-c3ccc(OC(F)(F)F)cc3)c(=O)c3ccc(C(F)(F)F)nc23)C=N1.